The Bertz CT molecular complexity index is 750. The van der Waals surface area contributed by atoms with Gasteiger partial charge in [-0.3, -0.25) is 9.59 Å². The van der Waals surface area contributed by atoms with Crippen LogP contribution in [0.15, 0.2) is 42.5 Å². The van der Waals surface area contributed by atoms with Gasteiger partial charge in [0.1, 0.15) is 5.75 Å². The molecule has 0 saturated carbocycles. The molecule has 1 atom stereocenters. The molecule has 2 aromatic rings. The van der Waals surface area contributed by atoms with E-state index in [0.717, 1.165) is 12.0 Å². The summed E-state index contributed by atoms with van der Waals surface area (Å²) in [6, 6.07) is 13.3. The number of benzene rings is 2. The zero-order valence-corrected chi connectivity index (χ0v) is 15.3. The number of methoxy groups -OCH3 is 1. The Morgan fingerprint density at radius 2 is 1.80 bits per heavy atom. The van der Waals surface area contributed by atoms with E-state index in [4.69, 9.17) is 4.74 Å². The second-order valence-electron chi connectivity index (χ2n) is 6.20. The molecule has 1 N–H and O–H groups in total. The summed E-state index contributed by atoms with van der Waals surface area (Å²) in [5, 5.41) is 3.07. The number of Topliss-reactive ketones (excluding diaryl/α,β-unsaturated/α-hetero) is 1. The summed E-state index contributed by atoms with van der Waals surface area (Å²) in [7, 11) is 1.56. The molecular weight excluding hydrogens is 314 g/mol. The van der Waals surface area contributed by atoms with Crippen molar-refractivity contribution in [2.75, 3.05) is 7.11 Å². The van der Waals surface area contributed by atoms with E-state index < -0.39 is 0 Å². The summed E-state index contributed by atoms with van der Waals surface area (Å²) < 4.78 is 5.32. The average Bonchev–Trinajstić information content (AvgIpc) is 2.60. The third-order valence-electron chi connectivity index (χ3n) is 4.26. The maximum absolute atomic E-state index is 12.5. The van der Waals surface area contributed by atoms with E-state index in [1.54, 1.807) is 25.3 Å². The second kappa shape index (κ2) is 8.47. The van der Waals surface area contributed by atoms with Crippen molar-refractivity contribution < 1.29 is 14.3 Å². The van der Waals surface area contributed by atoms with E-state index in [1.165, 1.54) is 12.5 Å². The van der Waals surface area contributed by atoms with Gasteiger partial charge in [-0.15, -0.1) is 0 Å². The van der Waals surface area contributed by atoms with Crippen molar-refractivity contribution in [2.45, 2.75) is 39.7 Å². The third-order valence-corrected chi connectivity index (χ3v) is 4.26. The Morgan fingerprint density at radius 3 is 2.36 bits per heavy atom. The smallest absolute Gasteiger partial charge is 0.225 e. The lowest BCUT2D eigenvalue weighted by molar-refractivity contribution is -0.121. The lowest BCUT2D eigenvalue weighted by Gasteiger charge is -2.18. The van der Waals surface area contributed by atoms with E-state index in [1.807, 2.05) is 38.1 Å². The second-order valence-corrected chi connectivity index (χ2v) is 6.20. The minimum atomic E-state index is -0.0913. The molecule has 0 fully saturated rings. The number of ether oxygens (including phenoxy) is 1. The molecule has 132 valence electrons. The van der Waals surface area contributed by atoms with E-state index in [-0.39, 0.29) is 24.2 Å². The highest BCUT2D eigenvalue weighted by atomic mass is 16.5. The van der Waals surface area contributed by atoms with Crippen LogP contribution < -0.4 is 10.1 Å². The van der Waals surface area contributed by atoms with Crippen LogP contribution in [0.1, 0.15) is 53.4 Å². The van der Waals surface area contributed by atoms with Crippen molar-refractivity contribution in [3.8, 4) is 5.75 Å². The predicted molar refractivity (Wildman–Crippen MR) is 99.1 cm³/mol. The molecule has 1 amide bonds. The quantitative estimate of drug-likeness (QED) is 0.775. The lowest BCUT2D eigenvalue weighted by Crippen LogP contribution is -2.29. The first kappa shape index (κ1) is 18.7. The van der Waals surface area contributed by atoms with Crippen molar-refractivity contribution in [2.24, 2.45) is 0 Å². The molecule has 0 heterocycles. The standard InChI is InChI=1S/C21H25NO3/c1-5-19(16-8-6-14(2)7-9-16)22-21(24)13-18-12-17(15(3)23)10-11-20(18)25-4/h6-12,19H,5,13H2,1-4H3,(H,22,24). The molecule has 1 unspecified atom stereocenters. The summed E-state index contributed by atoms with van der Waals surface area (Å²) in [5.41, 5.74) is 3.57. The van der Waals surface area contributed by atoms with Gasteiger partial charge in [0.15, 0.2) is 5.78 Å². The zero-order valence-electron chi connectivity index (χ0n) is 15.3. The molecule has 0 aliphatic rings. The van der Waals surface area contributed by atoms with Gasteiger partial charge in [-0.2, -0.15) is 0 Å². The van der Waals surface area contributed by atoms with Gasteiger partial charge in [0.05, 0.1) is 19.6 Å². The largest absolute Gasteiger partial charge is 0.496 e. The van der Waals surface area contributed by atoms with Crippen LogP contribution in [0.5, 0.6) is 5.75 Å². The number of aryl methyl sites for hydroxylation is 1. The Labute approximate surface area is 149 Å². The van der Waals surface area contributed by atoms with Crippen molar-refractivity contribution in [3.05, 3.63) is 64.7 Å². The molecule has 0 saturated heterocycles. The van der Waals surface area contributed by atoms with Gasteiger partial charge in [0.25, 0.3) is 0 Å². The van der Waals surface area contributed by atoms with Crippen LogP contribution in [-0.4, -0.2) is 18.8 Å². The van der Waals surface area contributed by atoms with Crippen LogP contribution in [-0.2, 0) is 11.2 Å². The van der Waals surface area contributed by atoms with Crippen molar-refractivity contribution in [3.63, 3.8) is 0 Å². The van der Waals surface area contributed by atoms with Crippen molar-refractivity contribution >= 4 is 11.7 Å². The summed E-state index contributed by atoms with van der Waals surface area (Å²) in [6.07, 6.45) is 0.978. The first-order valence-electron chi connectivity index (χ1n) is 8.48. The molecule has 0 aliphatic carbocycles. The van der Waals surface area contributed by atoms with E-state index in [0.29, 0.717) is 16.9 Å². The van der Waals surface area contributed by atoms with Gasteiger partial charge in [-0.25, -0.2) is 0 Å². The molecule has 2 rings (SSSR count). The number of hydrogen-bond donors (Lipinski definition) is 1. The molecule has 25 heavy (non-hydrogen) atoms. The van der Waals surface area contributed by atoms with Gasteiger partial charge >= 0.3 is 0 Å². The SMILES string of the molecule is CCC(NC(=O)Cc1cc(C(C)=O)ccc1OC)c1ccc(C)cc1. The Balaban J connectivity index is 2.14. The first-order chi connectivity index (χ1) is 11.9. The molecule has 0 spiro atoms. The van der Waals surface area contributed by atoms with Crippen molar-refractivity contribution in [1.82, 2.24) is 5.32 Å². The third kappa shape index (κ3) is 4.92. The highest BCUT2D eigenvalue weighted by molar-refractivity contribution is 5.94. The fraction of sp³-hybridized carbons (Fsp3) is 0.333. The molecule has 0 aromatic heterocycles. The highest BCUT2D eigenvalue weighted by Crippen LogP contribution is 2.22. The average molecular weight is 339 g/mol. The number of amides is 1. The monoisotopic (exact) mass is 339 g/mol. The van der Waals surface area contributed by atoms with Gasteiger partial charge in [-0.05, 0) is 44.0 Å². The number of rotatable bonds is 7. The Hall–Kier alpha value is -2.62. The van der Waals surface area contributed by atoms with Gasteiger partial charge in [-0.1, -0.05) is 36.8 Å². The van der Waals surface area contributed by atoms with Crippen molar-refractivity contribution in [1.29, 1.82) is 0 Å². The molecule has 0 bridgehead atoms. The molecule has 0 radical (unpaired) electrons. The van der Waals surface area contributed by atoms with Gasteiger partial charge in [0.2, 0.25) is 5.91 Å². The van der Waals surface area contributed by atoms with E-state index in [2.05, 4.69) is 5.32 Å². The normalized spacial score (nSPS) is 11.7. The first-order valence-corrected chi connectivity index (χ1v) is 8.48. The summed E-state index contributed by atoms with van der Waals surface area (Å²) in [6.45, 7) is 5.59. The molecule has 4 heteroatoms. The van der Waals surface area contributed by atoms with E-state index in [9.17, 15) is 9.59 Å². The Kier molecular flexibility index (Phi) is 6.34. The summed E-state index contributed by atoms with van der Waals surface area (Å²) in [5.74, 6) is 0.491. The predicted octanol–water partition coefficient (Wildman–Crippen LogP) is 4.02. The Morgan fingerprint density at radius 1 is 1.12 bits per heavy atom. The number of ketones is 1. The number of nitrogens with one attached hydrogen (secondary N) is 1. The topological polar surface area (TPSA) is 55.4 Å². The summed E-state index contributed by atoms with van der Waals surface area (Å²) >= 11 is 0. The lowest BCUT2D eigenvalue weighted by atomic mass is 10.0. The zero-order chi connectivity index (χ0) is 18.4. The fourth-order valence-electron chi connectivity index (χ4n) is 2.77. The molecule has 2 aromatic carbocycles. The van der Waals surface area contributed by atoms with Crippen LogP contribution in [0.4, 0.5) is 0 Å². The van der Waals surface area contributed by atoms with Crippen LogP contribution in [0, 0.1) is 6.92 Å². The van der Waals surface area contributed by atoms with E-state index >= 15 is 0 Å². The van der Waals surface area contributed by atoms with Crippen LogP contribution in [0.2, 0.25) is 0 Å². The van der Waals surface area contributed by atoms with Gasteiger partial charge in [0, 0.05) is 11.1 Å². The fourth-order valence-corrected chi connectivity index (χ4v) is 2.77. The number of carbonyl (C=O) groups is 2. The maximum Gasteiger partial charge on any atom is 0.225 e. The minimum Gasteiger partial charge on any atom is -0.496 e. The molecule has 4 nitrogen and oxygen atoms in total. The summed E-state index contributed by atoms with van der Waals surface area (Å²) in [4.78, 5) is 24.1. The van der Waals surface area contributed by atoms with Crippen LogP contribution in [0.25, 0.3) is 0 Å². The highest BCUT2D eigenvalue weighted by Gasteiger charge is 2.16. The van der Waals surface area contributed by atoms with Crippen LogP contribution in [0.3, 0.4) is 0 Å². The van der Waals surface area contributed by atoms with Gasteiger partial charge < -0.3 is 10.1 Å². The molecular formula is C21H25NO3. The van der Waals surface area contributed by atoms with Crippen LogP contribution >= 0.6 is 0 Å². The number of hydrogen-bond acceptors (Lipinski definition) is 3. The molecule has 0 aliphatic heterocycles. The number of carbonyl (C=O) groups excluding carboxylic acids is 2. The minimum absolute atomic E-state index is 0.0320. The maximum atomic E-state index is 12.5.